The number of benzene rings is 2. The fourth-order valence-corrected chi connectivity index (χ4v) is 7.71. The summed E-state index contributed by atoms with van der Waals surface area (Å²) in [4.78, 5) is 58.6. The number of nitrogens with one attached hydrogen (secondary N) is 1. The van der Waals surface area contributed by atoms with Gasteiger partial charge in [-0.3, -0.25) is 9.59 Å². The normalized spacial score (nSPS) is 22.0. The first kappa shape index (κ1) is 29.9. The zero-order chi connectivity index (χ0) is 29.8. The van der Waals surface area contributed by atoms with Gasteiger partial charge < -0.3 is 24.8 Å². The van der Waals surface area contributed by atoms with E-state index >= 15 is 0 Å². The van der Waals surface area contributed by atoms with Crippen molar-refractivity contribution in [2.45, 2.75) is 68.7 Å². The molecule has 0 bridgehead atoms. The zero-order valence-corrected chi connectivity index (χ0v) is 25.3. The SMILES string of the molecule is COC(=O)[C@@H](CC(C)C)N1C(=O)C(CC(=O)N2CCC(N3CCc4ccccc4NC3=O)CC2)SC1c1ccccc1. The third-order valence-electron chi connectivity index (χ3n) is 8.42. The number of anilines is 1. The van der Waals surface area contributed by atoms with Crippen molar-refractivity contribution >= 4 is 41.3 Å². The van der Waals surface area contributed by atoms with Gasteiger partial charge in [0.25, 0.3) is 0 Å². The van der Waals surface area contributed by atoms with Gasteiger partial charge in [0.1, 0.15) is 11.4 Å². The zero-order valence-electron chi connectivity index (χ0n) is 24.5. The summed E-state index contributed by atoms with van der Waals surface area (Å²) in [7, 11) is 1.35. The van der Waals surface area contributed by atoms with E-state index in [2.05, 4.69) is 5.32 Å². The van der Waals surface area contributed by atoms with Gasteiger partial charge in [0.15, 0.2) is 0 Å². The highest BCUT2D eigenvalue weighted by molar-refractivity contribution is 8.01. The minimum Gasteiger partial charge on any atom is -0.467 e. The molecule has 1 N–H and O–H groups in total. The lowest BCUT2D eigenvalue weighted by Crippen LogP contribution is -2.50. The van der Waals surface area contributed by atoms with Crippen molar-refractivity contribution in [3.63, 3.8) is 0 Å². The van der Waals surface area contributed by atoms with E-state index in [1.54, 1.807) is 4.90 Å². The van der Waals surface area contributed by atoms with Gasteiger partial charge in [-0.15, -0.1) is 11.8 Å². The molecule has 0 radical (unpaired) electrons. The Kier molecular flexibility index (Phi) is 9.40. The van der Waals surface area contributed by atoms with Crippen LogP contribution >= 0.6 is 11.8 Å². The maximum Gasteiger partial charge on any atom is 0.328 e. The molecule has 2 unspecified atom stereocenters. The van der Waals surface area contributed by atoms with Crippen LogP contribution in [0.15, 0.2) is 54.6 Å². The summed E-state index contributed by atoms with van der Waals surface area (Å²) in [6, 6.07) is 16.8. The lowest BCUT2D eigenvalue weighted by Gasteiger charge is -2.38. The molecule has 3 heterocycles. The first-order valence-electron chi connectivity index (χ1n) is 14.8. The molecule has 2 aromatic rings. The van der Waals surface area contributed by atoms with Crippen LogP contribution in [-0.4, -0.2) is 82.6 Å². The van der Waals surface area contributed by atoms with E-state index in [4.69, 9.17) is 4.74 Å². The van der Waals surface area contributed by atoms with Crippen molar-refractivity contribution in [1.82, 2.24) is 14.7 Å². The highest BCUT2D eigenvalue weighted by atomic mass is 32.2. The smallest absolute Gasteiger partial charge is 0.328 e. The van der Waals surface area contributed by atoms with Crippen LogP contribution in [-0.2, 0) is 25.5 Å². The number of esters is 1. The van der Waals surface area contributed by atoms with Gasteiger partial charge in [-0.1, -0.05) is 62.4 Å². The van der Waals surface area contributed by atoms with Gasteiger partial charge in [-0.25, -0.2) is 9.59 Å². The number of urea groups is 1. The number of amides is 4. The average Bonchev–Trinajstić information content (AvgIpc) is 3.21. The van der Waals surface area contributed by atoms with Crippen molar-refractivity contribution in [2.75, 3.05) is 32.1 Å². The second-order valence-corrected chi connectivity index (χ2v) is 12.9. The van der Waals surface area contributed by atoms with Crippen molar-refractivity contribution in [3.05, 3.63) is 65.7 Å². The number of thioether (sulfide) groups is 1. The molecule has 2 fully saturated rings. The Morgan fingerprint density at radius 3 is 2.38 bits per heavy atom. The molecule has 0 aromatic heterocycles. The first-order chi connectivity index (χ1) is 20.3. The van der Waals surface area contributed by atoms with Crippen LogP contribution in [0.5, 0.6) is 0 Å². The molecular weight excluding hydrogens is 552 g/mol. The molecule has 10 heteroatoms. The van der Waals surface area contributed by atoms with E-state index < -0.39 is 17.3 Å². The Labute approximate surface area is 251 Å². The molecule has 0 spiro atoms. The van der Waals surface area contributed by atoms with Gasteiger partial charge in [0.05, 0.1) is 12.4 Å². The van der Waals surface area contributed by atoms with Gasteiger partial charge in [-0.05, 0) is 48.8 Å². The van der Waals surface area contributed by atoms with Gasteiger partial charge in [0, 0.05) is 37.8 Å². The van der Waals surface area contributed by atoms with Crippen molar-refractivity contribution in [3.8, 4) is 0 Å². The summed E-state index contributed by atoms with van der Waals surface area (Å²) in [5, 5.41) is 2.07. The number of ether oxygens (including phenoxy) is 1. The number of hydrogen-bond acceptors (Lipinski definition) is 6. The number of piperidine rings is 1. The number of nitrogens with zero attached hydrogens (tertiary/aromatic N) is 3. The minimum absolute atomic E-state index is 0.0562. The van der Waals surface area contributed by atoms with Crippen LogP contribution < -0.4 is 5.32 Å². The molecule has 0 saturated carbocycles. The van der Waals surface area contributed by atoms with E-state index in [1.165, 1.54) is 18.9 Å². The Balaban J connectivity index is 1.24. The molecule has 0 aliphatic carbocycles. The van der Waals surface area contributed by atoms with Gasteiger partial charge >= 0.3 is 12.0 Å². The van der Waals surface area contributed by atoms with Crippen molar-refractivity contribution in [1.29, 1.82) is 0 Å². The van der Waals surface area contributed by atoms with Gasteiger partial charge in [0.2, 0.25) is 11.8 Å². The standard InChI is InChI=1S/C32H40N4O5S/c1-21(2)19-26(31(39)41-3)36-29(38)27(42-30(36)23-10-5-4-6-11-23)20-28(37)34-16-14-24(15-17-34)35-18-13-22-9-7-8-12-25(22)33-32(35)40/h4-12,21,24,26-27,30H,13-20H2,1-3H3,(H,33,40)/t26-,27?,30?/m1/s1. The molecule has 5 rings (SSSR count). The number of fused-ring (bicyclic) bond motifs is 1. The fraction of sp³-hybridized carbons (Fsp3) is 0.500. The predicted octanol–water partition coefficient (Wildman–Crippen LogP) is 4.69. The van der Waals surface area contributed by atoms with E-state index in [0.717, 1.165) is 23.2 Å². The van der Waals surface area contributed by atoms with Crippen LogP contribution in [0, 0.1) is 5.92 Å². The Morgan fingerprint density at radius 1 is 1.00 bits per heavy atom. The lowest BCUT2D eigenvalue weighted by molar-refractivity contribution is -0.153. The monoisotopic (exact) mass is 592 g/mol. The molecular formula is C32H40N4O5S. The number of carbonyl (C=O) groups is 4. The summed E-state index contributed by atoms with van der Waals surface area (Å²) in [6.07, 6.45) is 2.73. The Bertz CT molecular complexity index is 1300. The van der Waals surface area contributed by atoms with E-state index in [9.17, 15) is 19.2 Å². The summed E-state index contributed by atoms with van der Waals surface area (Å²) in [5.74, 6) is -0.535. The second-order valence-electron chi connectivity index (χ2n) is 11.6. The average molecular weight is 593 g/mol. The maximum absolute atomic E-state index is 13.8. The summed E-state index contributed by atoms with van der Waals surface area (Å²) in [6.45, 7) is 5.74. The van der Waals surface area contributed by atoms with Crippen LogP contribution in [0.1, 0.15) is 56.0 Å². The second kappa shape index (κ2) is 13.2. The number of carbonyl (C=O) groups excluding carboxylic acids is 4. The third kappa shape index (κ3) is 6.43. The van der Waals surface area contributed by atoms with E-state index in [-0.39, 0.29) is 41.6 Å². The van der Waals surface area contributed by atoms with Crippen LogP contribution in [0.4, 0.5) is 10.5 Å². The molecule has 3 aliphatic heterocycles. The molecule has 2 saturated heterocycles. The Hall–Kier alpha value is -3.53. The van der Waals surface area contributed by atoms with Crippen LogP contribution in [0.3, 0.4) is 0 Å². The highest BCUT2D eigenvalue weighted by Gasteiger charge is 2.48. The minimum atomic E-state index is -0.720. The molecule has 224 valence electrons. The maximum atomic E-state index is 13.8. The number of rotatable bonds is 8. The molecule has 4 amide bonds. The predicted molar refractivity (Wildman–Crippen MR) is 163 cm³/mol. The number of para-hydroxylation sites is 1. The third-order valence-corrected chi connectivity index (χ3v) is 9.88. The number of likely N-dealkylation sites (tertiary alicyclic amines) is 1. The van der Waals surface area contributed by atoms with E-state index in [0.29, 0.717) is 38.9 Å². The lowest BCUT2D eigenvalue weighted by atomic mass is 10.0. The van der Waals surface area contributed by atoms with Crippen molar-refractivity contribution in [2.24, 2.45) is 5.92 Å². The first-order valence-corrected chi connectivity index (χ1v) is 15.7. The largest absolute Gasteiger partial charge is 0.467 e. The van der Waals surface area contributed by atoms with Crippen molar-refractivity contribution < 1.29 is 23.9 Å². The summed E-state index contributed by atoms with van der Waals surface area (Å²) in [5.41, 5.74) is 2.91. The van der Waals surface area contributed by atoms with Crippen LogP contribution in [0.2, 0.25) is 0 Å². The molecule has 9 nitrogen and oxygen atoms in total. The fourth-order valence-electron chi connectivity index (χ4n) is 6.23. The Morgan fingerprint density at radius 2 is 1.69 bits per heavy atom. The summed E-state index contributed by atoms with van der Waals surface area (Å²) >= 11 is 1.44. The highest BCUT2D eigenvalue weighted by Crippen LogP contribution is 2.46. The summed E-state index contributed by atoms with van der Waals surface area (Å²) < 4.78 is 5.11. The topological polar surface area (TPSA) is 99.3 Å². The van der Waals surface area contributed by atoms with E-state index in [1.807, 2.05) is 78.2 Å². The molecule has 42 heavy (non-hydrogen) atoms. The van der Waals surface area contributed by atoms with Crippen LogP contribution in [0.25, 0.3) is 0 Å². The molecule has 3 aliphatic rings. The number of methoxy groups -OCH3 is 1. The molecule has 3 atom stereocenters. The number of hydrogen-bond donors (Lipinski definition) is 1. The quantitative estimate of drug-likeness (QED) is 0.447. The van der Waals surface area contributed by atoms with Gasteiger partial charge in [-0.2, -0.15) is 0 Å². The molecule has 2 aromatic carbocycles.